The summed E-state index contributed by atoms with van der Waals surface area (Å²) >= 11 is 0. The van der Waals surface area contributed by atoms with Crippen LogP contribution >= 0.6 is 0 Å². The second-order valence-corrected chi connectivity index (χ2v) is 4.54. The number of rotatable bonds is 3. The molecule has 0 saturated heterocycles. The van der Waals surface area contributed by atoms with Crippen molar-refractivity contribution in [3.8, 4) is 5.88 Å². The fourth-order valence-electron chi connectivity index (χ4n) is 1.88. The zero-order valence-electron chi connectivity index (χ0n) is 10.5. The normalized spacial score (nSPS) is 10.8. The molecule has 0 bridgehead atoms. The van der Waals surface area contributed by atoms with Crippen LogP contribution in [0.5, 0.6) is 5.88 Å². The van der Waals surface area contributed by atoms with Gasteiger partial charge in [-0.1, -0.05) is 44.2 Å². The largest absolute Gasteiger partial charge is 0.493 e. The highest BCUT2D eigenvalue weighted by Crippen LogP contribution is 2.14. The summed E-state index contributed by atoms with van der Waals surface area (Å²) in [5.41, 5.74) is 0.809. The zero-order chi connectivity index (χ0) is 13.1. The standard InChI is InChI=1S/C14H16N2O2/c1-10(2)14-15-12(17)8-13(18)16(14)9-11-6-4-3-5-7-11/h3-8,10,17H,9H2,1-2H3. The van der Waals surface area contributed by atoms with E-state index in [0.29, 0.717) is 12.4 Å². The van der Waals surface area contributed by atoms with E-state index in [1.807, 2.05) is 44.2 Å². The second-order valence-electron chi connectivity index (χ2n) is 4.54. The molecule has 0 aliphatic carbocycles. The Hall–Kier alpha value is -2.10. The number of benzene rings is 1. The maximum absolute atomic E-state index is 11.9. The van der Waals surface area contributed by atoms with Gasteiger partial charge in [0.2, 0.25) is 5.88 Å². The van der Waals surface area contributed by atoms with Gasteiger partial charge in [-0.2, -0.15) is 4.98 Å². The van der Waals surface area contributed by atoms with Crippen LogP contribution in [0, 0.1) is 0 Å². The third-order valence-electron chi connectivity index (χ3n) is 2.72. The van der Waals surface area contributed by atoms with Crippen LogP contribution in [0.15, 0.2) is 41.2 Å². The van der Waals surface area contributed by atoms with Crippen LogP contribution in [-0.2, 0) is 6.54 Å². The first-order valence-electron chi connectivity index (χ1n) is 5.92. The molecule has 4 nitrogen and oxygen atoms in total. The fraction of sp³-hybridized carbons (Fsp3) is 0.286. The minimum Gasteiger partial charge on any atom is -0.493 e. The van der Waals surface area contributed by atoms with Crippen molar-refractivity contribution in [2.45, 2.75) is 26.3 Å². The Morgan fingerprint density at radius 2 is 1.94 bits per heavy atom. The van der Waals surface area contributed by atoms with Gasteiger partial charge >= 0.3 is 0 Å². The molecule has 0 unspecified atom stereocenters. The lowest BCUT2D eigenvalue weighted by molar-refractivity contribution is 0.438. The molecule has 0 amide bonds. The van der Waals surface area contributed by atoms with Crippen molar-refractivity contribution in [2.75, 3.05) is 0 Å². The molecule has 1 aromatic heterocycles. The van der Waals surface area contributed by atoms with Gasteiger partial charge in [0.25, 0.3) is 5.56 Å². The first-order valence-corrected chi connectivity index (χ1v) is 5.92. The van der Waals surface area contributed by atoms with E-state index in [-0.39, 0.29) is 17.4 Å². The van der Waals surface area contributed by atoms with Crippen LogP contribution in [0.25, 0.3) is 0 Å². The molecule has 1 N–H and O–H groups in total. The maximum Gasteiger partial charge on any atom is 0.257 e. The third-order valence-corrected chi connectivity index (χ3v) is 2.72. The molecule has 94 valence electrons. The van der Waals surface area contributed by atoms with Crippen LogP contribution in [-0.4, -0.2) is 14.7 Å². The van der Waals surface area contributed by atoms with Crippen LogP contribution in [0.1, 0.15) is 31.2 Å². The number of hydrogen-bond donors (Lipinski definition) is 1. The topological polar surface area (TPSA) is 55.1 Å². The molecule has 1 aromatic carbocycles. The molecule has 18 heavy (non-hydrogen) atoms. The summed E-state index contributed by atoms with van der Waals surface area (Å²) in [6.45, 7) is 4.37. The molecule has 0 saturated carbocycles. The first-order chi connectivity index (χ1) is 8.58. The van der Waals surface area contributed by atoms with Crippen LogP contribution < -0.4 is 5.56 Å². The van der Waals surface area contributed by atoms with Gasteiger partial charge in [-0.05, 0) is 5.56 Å². The van der Waals surface area contributed by atoms with Gasteiger partial charge in [0.05, 0.1) is 12.6 Å². The molecular formula is C14H16N2O2. The number of hydrogen-bond acceptors (Lipinski definition) is 3. The summed E-state index contributed by atoms with van der Waals surface area (Å²) in [6, 6.07) is 10.9. The quantitative estimate of drug-likeness (QED) is 0.899. The fourth-order valence-corrected chi connectivity index (χ4v) is 1.88. The zero-order valence-corrected chi connectivity index (χ0v) is 10.5. The summed E-state index contributed by atoms with van der Waals surface area (Å²) in [7, 11) is 0. The average molecular weight is 244 g/mol. The lowest BCUT2D eigenvalue weighted by Crippen LogP contribution is -2.25. The van der Waals surface area contributed by atoms with Crippen molar-refractivity contribution in [2.24, 2.45) is 0 Å². The molecular weight excluding hydrogens is 228 g/mol. The van der Waals surface area contributed by atoms with Gasteiger partial charge in [-0.15, -0.1) is 0 Å². The Morgan fingerprint density at radius 3 is 2.56 bits per heavy atom. The van der Waals surface area contributed by atoms with Gasteiger partial charge in [0, 0.05) is 5.92 Å². The van der Waals surface area contributed by atoms with E-state index in [1.165, 1.54) is 0 Å². The van der Waals surface area contributed by atoms with Crippen LogP contribution in [0.4, 0.5) is 0 Å². The van der Waals surface area contributed by atoms with Crippen LogP contribution in [0.3, 0.4) is 0 Å². The molecule has 2 rings (SSSR count). The van der Waals surface area contributed by atoms with Gasteiger partial charge in [0.1, 0.15) is 5.82 Å². The lowest BCUT2D eigenvalue weighted by atomic mass is 10.1. The van der Waals surface area contributed by atoms with E-state index in [4.69, 9.17) is 0 Å². The van der Waals surface area contributed by atoms with E-state index in [1.54, 1.807) is 4.57 Å². The SMILES string of the molecule is CC(C)c1nc(O)cc(=O)n1Cc1ccccc1. The van der Waals surface area contributed by atoms with Gasteiger partial charge in [-0.25, -0.2) is 0 Å². The maximum atomic E-state index is 11.9. The molecule has 4 heteroatoms. The minimum atomic E-state index is -0.227. The Labute approximate surface area is 106 Å². The minimum absolute atomic E-state index is 0.0773. The summed E-state index contributed by atoms with van der Waals surface area (Å²) in [5, 5.41) is 9.41. The number of aromatic nitrogens is 2. The Kier molecular flexibility index (Phi) is 3.46. The smallest absolute Gasteiger partial charge is 0.257 e. The van der Waals surface area contributed by atoms with Crippen molar-refractivity contribution in [3.05, 3.63) is 58.1 Å². The second kappa shape index (κ2) is 5.04. The Balaban J connectivity index is 2.47. The Morgan fingerprint density at radius 1 is 1.28 bits per heavy atom. The molecule has 0 atom stereocenters. The lowest BCUT2D eigenvalue weighted by Gasteiger charge is -2.14. The predicted octanol–water partition coefficient (Wildman–Crippen LogP) is 2.12. The van der Waals surface area contributed by atoms with E-state index < -0.39 is 0 Å². The first kappa shape index (κ1) is 12.4. The van der Waals surface area contributed by atoms with E-state index >= 15 is 0 Å². The summed E-state index contributed by atoms with van der Waals surface area (Å²) in [5.74, 6) is 0.463. The van der Waals surface area contributed by atoms with Crippen molar-refractivity contribution in [1.29, 1.82) is 0 Å². The van der Waals surface area contributed by atoms with Crippen molar-refractivity contribution in [1.82, 2.24) is 9.55 Å². The molecule has 0 radical (unpaired) electrons. The molecule has 1 heterocycles. The van der Waals surface area contributed by atoms with E-state index in [0.717, 1.165) is 11.6 Å². The average Bonchev–Trinajstić information content (AvgIpc) is 2.33. The highest BCUT2D eigenvalue weighted by atomic mass is 16.3. The predicted molar refractivity (Wildman–Crippen MR) is 69.8 cm³/mol. The monoisotopic (exact) mass is 244 g/mol. The van der Waals surface area contributed by atoms with Crippen molar-refractivity contribution >= 4 is 0 Å². The third kappa shape index (κ3) is 2.59. The number of aromatic hydroxyl groups is 1. The van der Waals surface area contributed by atoms with Crippen molar-refractivity contribution < 1.29 is 5.11 Å². The summed E-state index contributed by atoms with van der Waals surface area (Å²) < 4.78 is 1.60. The molecule has 0 aliphatic heterocycles. The van der Waals surface area contributed by atoms with E-state index in [2.05, 4.69) is 4.98 Å². The van der Waals surface area contributed by atoms with Crippen LogP contribution in [0.2, 0.25) is 0 Å². The van der Waals surface area contributed by atoms with E-state index in [9.17, 15) is 9.90 Å². The van der Waals surface area contributed by atoms with Crippen molar-refractivity contribution in [3.63, 3.8) is 0 Å². The van der Waals surface area contributed by atoms with Gasteiger partial charge < -0.3 is 5.11 Å². The molecule has 0 spiro atoms. The van der Waals surface area contributed by atoms with Gasteiger partial charge in [0.15, 0.2) is 0 Å². The molecule has 2 aromatic rings. The highest BCUT2D eigenvalue weighted by Gasteiger charge is 2.11. The molecule has 0 aliphatic rings. The molecule has 0 fully saturated rings. The summed E-state index contributed by atoms with van der Waals surface area (Å²) in [6.07, 6.45) is 0. The highest BCUT2D eigenvalue weighted by molar-refractivity contribution is 5.18. The summed E-state index contributed by atoms with van der Waals surface area (Å²) in [4.78, 5) is 16.0. The Bertz CT molecular complexity index is 588. The number of nitrogens with zero attached hydrogens (tertiary/aromatic N) is 2. The van der Waals surface area contributed by atoms with Gasteiger partial charge in [-0.3, -0.25) is 9.36 Å².